The molecule has 1 aromatic carbocycles. The van der Waals surface area contributed by atoms with Crippen LogP contribution >= 0.6 is 0 Å². The van der Waals surface area contributed by atoms with Crippen LogP contribution in [0.4, 0.5) is 5.69 Å². The molecule has 0 bridgehead atoms. The highest BCUT2D eigenvalue weighted by Gasteiger charge is 2.25. The molecule has 0 spiro atoms. The number of hydrogen-bond acceptors (Lipinski definition) is 5. The largest absolute Gasteiger partial charge is 0.452 e. The maximum atomic E-state index is 12.2. The van der Waals surface area contributed by atoms with Crippen LogP contribution in [0.2, 0.25) is 0 Å². The van der Waals surface area contributed by atoms with Gasteiger partial charge in [0.05, 0.1) is 17.5 Å². The number of unbranched alkanes of at least 4 members (excludes halogenated alkanes) is 3. The summed E-state index contributed by atoms with van der Waals surface area (Å²) >= 11 is 0. The third-order valence-electron chi connectivity index (χ3n) is 4.48. The minimum absolute atomic E-state index is 0.318. The number of sulfonamides is 1. The van der Waals surface area contributed by atoms with E-state index in [9.17, 15) is 18.0 Å². The van der Waals surface area contributed by atoms with Crippen LogP contribution in [0.1, 0.15) is 54.9 Å². The summed E-state index contributed by atoms with van der Waals surface area (Å²) in [6.07, 6.45) is 6.81. The first-order valence-corrected chi connectivity index (χ1v) is 11.2. The Bertz CT molecular complexity index is 776. The van der Waals surface area contributed by atoms with Gasteiger partial charge in [-0.05, 0) is 43.0 Å². The van der Waals surface area contributed by atoms with Crippen LogP contribution in [0.25, 0.3) is 0 Å². The van der Waals surface area contributed by atoms with E-state index >= 15 is 0 Å². The minimum Gasteiger partial charge on any atom is -0.452 e. The Morgan fingerprint density at radius 3 is 2.70 bits per heavy atom. The number of hydrogen-bond donors (Lipinski definition) is 1. The standard InChI is InChI=1S/C19H28N2O5S/c1-3-4-5-6-11-20-18(22)14-26-19(23)16-9-10-17-15(13-16)8-7-12-21(17)27(2,24)25/h9-10,13H,3-8,11-12,14H2,1-2H3,(H,20,22). The van der Waals surface area contributed by atoms with Crippen molar-refractivity contribution in [1.82, 2.24) is 5.32 Å². The van der Waals surface area contributed by atoms with Crippen molar-refractivity contribution in [2.75, 3.05) is 30.3 Å². The highest BCUT2D eigenvalue weighted by Crippen LogP contribution is 2.30. The van der Waals surface area contributed by atoms with Crippen molar-refractivity contribution in [3.05, 3.63) is 29.3 Å². The Balaban J connectivity index is 1.89. The van der Waals surface area contributed by atoms with E-state index in [2.05, 4.69) is 12.2 Å². The predicted molar refractivity (Wildman–Crippen MR) is 104 cm³/mol. The van der Waals surface area contributed by atoms with Gasteiger partial charge in [-0.3, -0.25) is 9.10 Å². The second-order valence-electron chi connectivity index (χ2n) is 6.77. The molecule has 0 saturated heterocycles. The fourth-order valence-electron chi connectivity index (χ4n) is 3.08. The summed E-state index contributed by atoms with van der Waals surface area (Å²) in [6, 6.07) is 4.81. The van der Waals surface area contributed by atoms with Crippen LogP contribution in [-0.2, 0) is 26.0 Å². The molecule has 0 aromatic heterocycles. The molecule has 1 aromatic rings. The summed E-state index contributed by atoms with van der Waals surface area (Å²) in [5.74, 6) is -0.906. The van der Waals surface area contributed by atoms with E-state index < -0.39 is 16.0 Å². The first-order valence-electron chi connectivity index (χ1n) is 9.37. The topological polar surface area (TPSA) is 92.8 Å². The number of anilines is 1. The van der Waals surface area contributed by atoms with Gasteiger partial charge in [0.2, 0.25) is 10.0 Å². The lowest BCUT2D eigenvalue weighted by molar-refractivity contribution is -0.124. The van der Waals surface area contributed by atoms with Gasteiger partial charge in [0.25, 0.3) is 5.91 Å². The average molecular weight is 397 g/mol. The monoisotopic (exact) mass is 396 g/mol. The second-order valence-corrected chi connectivity index (χ2v) is 8.68. The van der Waals surface area contributed by atoms with Crippen molar-refractivity contribution in [3.63, 3.8) is 0 Å². The van der Waals surface area contributed by atoms with Gasteiger partial charge in [0.15, 0.2) is 6.61 Å². The number of carbonyl (C=O) groups excluding carboxylic acids is 2. The quantitative estimate of drug-likeness (QED) is 0.510. The first kappa shape index (κ1) is 21.2. The molecule has 0 unspecified atom stereocenters. The molecule has 1 N–H and O–H groups in total. The van der Waals surface area contributed by atoms with Crippen molar-refractivity contribution in [3.8, 4) is 0 Å². The highest BCUT2D eigenvalue weighted by molar-refractivity contribution is 7.92. The van der Waals surface area contributed by atoms with Crippen LogP contribution in [-0.4, -0.2) is 46.2 Å². The summed E-state index contributed by atoms with van der Waals surface area (Å²) in [4.78, 5) is 23.9. The molecule has 150 valence electrons. The van der Waals surface area contributed by atoms with E-state index in [1.54, 1.807) is 12.1 Å². The van der Waals surface area contributed by atoms with Gasteiger partial charge < -0.3 is 10.1 Å². The highest BCUT2D eigenvalue weighted by atomic mass is 32.2. The third-order valence-corrected chi connectivity index (χ3v) is 5.66. The zero-order valence-electron chi connectivity index (χ0n) is 16.0. The maximum Gasteiger partial charge on any atom is 0.338 e. The Morgan fingerprint density at radius 1 is 1.22 bits per heavy atom. The number of nitrogens with zero attached hydrogens (tertiary/aromatic N) is 1. The number of fused-ring (bicyclic) bond motifs is 1. The maximum absolute atomic E-state index is 12.2. The van der Waals surface area contributed by atoms with Crippen LogP contribution < -0.4 is 9.62 Å². The molecular weight excluding hydrogens is 368 g/mol. The van der Waals surface area contributed by atoms with Gasteiger partial charge in [-0.2, -0.15) is 0 Å². The first-order chi connectivity index (χ1) is 12.8. The summed E-state index contributed by atoms with van der Waals surface area (Å²) in [7, 11) is -3.34. The van der Waals surface area contributed by atoms with Gasteiger partial charge in [-0.15, -0.1) is 0 Å². The number of rotatable bonds is 9. The van der Waals surface area contributed by atoms with E-state index in [-0.39, 0.29) is 12.5 Å². The van der Waals surface area contributed by atoms with E-state index in [0.717, 1.165) is 31.2 Å². The molecule has 0 fully saturated rings. The lowest BCUT2D eigenvalue weighted by Gasteiger charge is -2.29. The van der Waals surface area contributed by atoms with E-state index in [4.69, 9.17) is 4.74 Å². The Labute approximate surface area is 161 Å². The molecule has 27 heavy (non-hydrogen) atoms. The van der Waals surface area contributed by atoms with Crippen molar-refractivity contribution in [2.24, 2.45) is 0 Å². The number of ether oxygens (including phenoxy) is 1. The number of esters is 1. The van der Waals surface area contributed by atoms with Crippen molar-refractivity contribution in [1.29, 1.82) is 0 Å². The number of amides is 1. The zero-order valence-corrected chi connectivity index (χ0v) is 16.8. The lowest BCUT2D eigenvalue weighted by Crippen LogP contribution is -2.34. The molecule has 2 rings (SSSR count). The fourth-order valence-corrected chi connectivity index (χ4v) is 4.08. The van der Waals surface area contributed by atoms with Gasteiger partial charge in [0.1, 0.15) is 0 Å². The lowest BCUT2D eigenvalue weighted by atomic mass is 10.0. The van der Waals surface area contributed by atoms with Crippen molar-refractivity contribution < 1.29 is 22.7 Å². The van der Waals surface area contributed by atoms with Crippen molar-refractivity contribution >= 4 is 27.6 Å². The summed E-state index contributed by atoms with van der Waals surface area (Å²) in [5.41, 5.74) is 1.71. The average Bonchev–Trinajstić information content (AvgIpc) is 2.64. The SMILES string of the molecule is CCCCCCNC(=O)COC(=O)c1ccc2c(c1)CCCN2S(C)(=O)=O. The second kappa shape index (κ2) is 9.73. The molecular formula is C19H28N2O5S. The van der Waals surface area contributed by atoms with Crippen LogP contribution in [0.3, 0.4) is 0 Å². The number of nitrogens with one attached hydrogen (secondary N) is 1. The van der Waals surface area contributed by atoms with Gasteiger partial charge in [-0.25, -0.2) is 13.2 Å². The Morgan fingerprint density at radius 2 is 2.00 bits per heavy atom. The number of benzene rings is 1. The summed E-state index contributed by atoms with van der Waals surface area (Å²) < 4.78 is 30.2. The molecule has 0 saturated carbocycles. The Hall–Kier alpha value is -2.09. The molecule has 0 atom stereocenters. The molecule has 7 nitrogen and oxygen atoms in total. The minimum atomic E-state index is -3.34. The van der Waals surface area contributed by atoms with Crippen LogP contribution in [0, 0.1) is 0 Å². The van der Waals surface area contributed by atoms with Gasteiger partial charge in [0, 0.05) is 13.1 Å². The Kier molecular flexibility index (Phi) is 7.65. The molecule has 8 heteroatoms. The zero-order chi connectivity index (χ0) is 19.9. The van der Waals surface area contributed by atoms with Crippen LogP contribution in [0.15, 0.2) is 18.2 Å². The molecule has 1 aliphatic heterocycles. The number of carbonyl (C=O) groups is 2. The predicted octanol–water partition coefficient (Wildman–Crippen LogP) is 2.25. The molecule has 0 radical (unpaired) electrons. The normalized spacial score (nSPS) is 13.8. The number of aryl methyl sites for hydroxylation is 1. The summed E-state index contributed by atoms with van der Waals surface area (Å²) in [6.45, 7) is 2.82. The van der Waals surface area contributed by atoms with E-state index in [0.29, 0.717) is 37.2 Å². The third kappa shape index (κ3) is 6.23. The summed E-state index contributed by atoms with van der Waals surface area (Å²) in [5, 5.41) is 2.73. The van der Waals surface area contributed by atoms with E-state index in [1.807, 2.05) is 0 Å². The van der Waals surface area contributed by atoms with Crippen molar-refractivity contribution in [2.45, 2.75) is 45.4 Å². The fraction of sp³-hybridized carbons (Fsp3) is 0.579. The van der Waals surface area contributed by atoms with E-state index in [1.165, 1.54) is 16.6 Å². The molecule has 1 heterocycles. The molecule has 1 aliphatic rings. The van der Waals surface area contributed by atoms with Gasteiger partial charge in [-0.1, -0.05) is 26.2 Å². The molecule has 0 aliphatic carbocycles. The smallest absolute Gasteiger partial charge is 0.338 e. The van der Waals surface area contributed by atoms with Gasteiger partial charge >= 0.3 is 5.97 Å². The van der Waals surface area contributed by atoms with Crippen LogP contribution in [0.5, 0.6) is 0 Å². The molecule has 1 amide bonds.